The molecule has 0 fully saturated rings. The molecule has 2 rings (SSSR count). The molecule has 0 radical (unpaired) electrons. The number of nitrogens with one attached hydrogen (secondary N) is 1. The molecule has 1 N–H and O–H groups in total. The van der Waals surface area contributed by atoms with Gasteiger partial charge >= 0.3 is 0 Å². The monoisotopic (exact) mass is 275 g/mol. The van der Waals surface area contributed by atoms with E-state index in [2.05, 4.69) is 64.2 Å². The highest BCUT2D eigenvalue weighted by molar-refractivity contribution is 7.19. The van der Waals surface area contributed by atoms with Crippen molar-refractivity contribution in [1.29, 1.82) is 0 Å². The maximum atomic E-state index is 3.70. The zero-order valence-electron chi connectivity index (χ0n) is 12.7. The van der Waals surface area contributed by atoms with Crippen molar-refractivity contribution in [1.82, 2.24) is 5.32 Å². The van der Waals surface area contributed by atoms with Crippen LogP contribution in [0.2, 0.25) is 0 Å². The smallest absolute Gasteiger partial charge is 0.0389 e. The summed E-state index contributed by atoms with van der Waals surface area (Å²) >= 11 is 1.93. The first-order valence-electron chi connectivity index (χ1n) is 7.16. The van der Waals surface area contributed by atoms with Gasteiger partial charge in [0.1, 0.15) is 0 Å². The van der Waals surface area contributed by atoms with Gasteiger partial charge in [0.25, 0.3) is 0 Å². The van der Waals surface area contributed by atoms with E-state index in [-0.39, 0.29) is 0 Å². The third-order valence-corrected chi connectivity index (χ3v) is 5.57. The van der Waals surface area contributed by atoms with Gasteiger partial charge in [-0.1, -0.05) is 39.0 Å². The van der Waals surface area contributed by atoms with E-state index < -0.39 is 0 Å². The Morgan fingerprint density at radius 3 is 2.58 bits per heavy atom. The topological polar surface area (TPSA) is 12.0 Å². The predicted octanol–water partition coefficient (Wildman–Crippen LogP) is 5.30. The van der Waals surface area contributed by atoms with Crippen molar-refractivity contribution in [3.05, 3.63) is 34.7 Å². The summed E-state index contributed by atoms with van der Waals surface area (Å²) in [5, 5.41) is 5.11. The molecule has 0 saturated heterocycles. The van der Waals surface area contributed by atoms with Crippen molar-refractivity contribution in [2.75, 3.05) is 6.54 Å². The number of benzene rings is 1. The minimum Gasteiger partial charge on any atom is -0.309 e. The molecule has 1 atom stereocenters. The summed E-state index contributed by atoms with van der Waals surface area (Å²) in [4.78, 5) is 1.48. The molecular weight excluding hydrogens is 250 g/mol. The van der Waals surface area contributed by atoms with Crippen molar-refractivity contribution >= 4 is 21.4 Å². The Labute approximate surface area is 121 Å². The molecular formula is C17H25NS. The lowest BCUT2D eigenvalue weighted by molar-refractivity contribution is 0.314. The molecule has 2 heteroatoms. The van der Waals surface area contributed by atoms with Crippen molar-refractivity contribution in [3.63, 3.8) is 0 Å². The molecule has 1 unspecified atom stereocenters. The van der Waals surface area contributed by atoms with Crippen molar-refractivity contribution in [2.45, 2.75) is 47.1 Å². The molecule has 104 valence electrons. The number of rotatable bonds is 5. The van der Waals surface area contributed by atoms with Gasteiger partial charge in [0.2, 0.25) is 0 Å². The Bertz CT molecular complexity index is 553. The minimum atomic E-state index is 0.374. The fraction of sp³-hybridized carbons (Fsp3) is 0.529. The first-order chi connectivity index (χ1) is 8.94. The van der Waals surface area contributed by atoms with Gasteiger partial charge in [-0.3, -0.25) is 0 Å². The first kappa shape index (κ1) is 14.5. The summed E-state index contributed by atoms with van der Waals surface area (Å²) in [5.74, 6) is 0. The molecule has 1 nitrogen and oxygen atoms in total. The second-order valence-electron chi connectivity index (χ2n) is 6.21. The van der Waals surface area contributed by atoms with E-state index >= 15 is 0 Å². The normalized spacial score (nSPS) is 13.9. The van der Waals surface area contributed by atoms with Crippen molar-refractivity contribution in [3.8, 4) is 0 Å². The van der Waals surface area contributed by atoms with Gasteiger partial charge in [0.05, 0.1) is 0 Å². The molecule has 2 aromatic rings. The van der Waals surface area contributed by atoms with Crippen LogP contribution in [0.25, 0.3) is 10.1 Å². The number of thiophene rings is 1. The van der Waals surface area contributed by atoms with Gasteiger partial charge in [-0.25, -0.2) is 0 Å². The van der Waals surface area contributed by atoms with Crippen LogP contribution in [0.5, 0.6) is 0 Å². The molecule has 19 heavy (non-hydrogen) atoms. The van der Waals surface area contributed by atoms with E-state index in [0.29, 0.717) is 11.5 Å². The molecule has 0 spiro atoms. The van der Waals surface area contributed by atoms with E-state index in [4.69, 9.17) is 0 Å². The van der Waals surface area contributed by atoms with Crippen LogP contribution >= 0.6 is 11.3 Å². The van der Waals surface area contributed by atoms with Crippen LogP contribution in [-0.2, 0) is 0 Å². The highest BCUT2D eigenvalue weighted by Crippen LogP contribution is 2.34. The van der Waals surface area contributed by atoms with E-state index in [9.17, 15) is 0 Å². The van der Waals surface area contributed by atoms with Crippen LogP contribution in [0.3, 0.4) is 0 Å². The maximum Gasteiger partial charge on any atom is 0.0389 e. The van der Waals surface area contributed by atoms with Crippen LogP contribution in [0.1, 0.15) is 50.6 Å². The van der Waals surface area contributed by atoms with Gasteiger partial charge in [-0.15, -0.1) is 11.3 Å². The average Bonchev–Trinajstić information content (AvgIpc) is 2.74. The number of hydrogen-bond donors (Lipinski definition) is 1. The maximum absolute atomic E-state index is 3.70. The lowest BCUT2D eigenvalue weighted by atomic mass is 9.90. The van der Waals surface area contributed by atoms with Crippen LogP contribution < -0.4 is 5.32 Å². The Morgan fingerprint density at radius 1 is 1.26 bits per heavy atom. The van der Waals surface area contributed by atoms with Gasteiger partial charge in [0, 0.05) is 22.2 Å². The summed E-state index contributed by atoms with van der Waals surface area (Å²) in [6, 6.07) is 9.14. The zero-order valence-corrected chi connectivity index (χ0v) is 13.5. The standard InChI is InChI=1S/C17H25NS/c1-6-17(4,5)11-18-13(3)16-12(2)14-9-7-8-10-15(14)19-16/h7-10,13,18H,6,11H2,1-5H3. The molecule has 1 heterocycles. The van der Waals surface area contributed by atoms with E-state index in [0.717, 1.165) is 6.54 Å². The van der Waals surface area contributed by atoms with Gasteiger partial charge in [-0.2, -0.15) is 0 Å². The van der Waals surface area contributed by atoms with Gasteiger partial charge < -0.3 is 5.32 Å². The first-order valence-corrected chi connectivity index (χ1v) is 7.97. The van der Waals surface area contributed by atoms with E-state index in [1.807, 2.05) is 11.3 Å². The molecule has 0 saturated carbocycles. The van der Waals surface area contributed by atoms with E-state index in [1.54, 1.807) is 0 Å². The van der Waals surface area contributed by atoms with Gasteiger partial charge in [0.15, 0.2) is 0 Å². The molecule has 0 aliphatic heterocycles. The Morgan fingerprint density at radius 2 is 1.95 bits per heavy atom. The SMILES string of the molecule is CCC(C)(C)CNC(C)c1sc2ccccc2c1C. The number of aryl methyl sites for hydroxylation is 1. The lowest BCUT2D eigenvalue weighted by Crippen LogP contribution is -2.30. The predicted molar refractivity (Wildman–Crippen MR) is 87.1 cm³/mol. The molecule has 0 amide bonds. The largest absolute Gasteiger partial charge is 0.309 e. The molecule has 0 aliphatic rings. The summed E-state index contributed by atoms with van der Waals surface area (Å²) in [7, 11) is 0. The second kappa shape index (κ2) is 5.64. The highest BCUT2D eigenvalue weighted by atomic mass is 32.1. The Balaban J connectivity index is 2.17. The highest BCUT2D eigenvalue weighted by Gasteiger charge is 2.19. The summed E-state index contributed by atoms with van der Waals surface area (Å²) in [5.41, 5.74) is 1.81. The minimum absolute atomic E-state index is 0.374. The average molecular weight is 275 g/mol. The summed E-state index contributed by atoms with van der Waals surface area (Å²) < 4.78 is 1.40. The Kier molecular flexibility index (Phi) is 4.32. The zero-order chi connectivity index (χ0) is 14.0. The summed E-state index contributed by atoms with van der Waals surface area (Å²) in [6.07, 6.45) is 1.21. The van der Waals surface area contributed by atoms with Crippen LogP contribution in [0.15, 0.2) is 24.3 Å². The molecule has 1 aromatic carbocycles. The quantitative estimate of drug-likeness (QED) is 0.781. The molecule has 0 aliphatic carbocycles. The lowest BCUT2D eigenvalue weighted by Gasteiger charge is -2.25. The van der Waals surface area contributed by atoms with Gasteiger partial charge in [-0.05, 0) is 42.7 Å². The van der Waals surface area contributed by atoms with E-state index in [1.165, 1.54) is 26.9 Å². The van der Waals surface area contributed by atoms with Crippen molar-refractivity contribution in [2.24, 2.45) is 5.41 Å². The van der Waals surface area contributed by atoms with Crippen LogP contribution in [0, 0.1) is 12.3 Å². The van der Waals surface area contributed by atoms with Crippen LogP contribution in [-0.4, -0.2) is 6.54 Å². The third kappa shape index (κ3) is 3.18. The second-order valence-corrected chi connectivity index (χ2v) is 7.29. The fourth-order valence-corrected chi connectivity index (χ4v) is 3.49. The summed E-state index contributed by atoms with van der Waals surface area (Å²) in [6.45, 7) is 12.5. The molecule has 1 aromatic heterocycles. The van der Waals surface area contributed by atoms with Crippen LogP contribution in [0.4, 0.5) is 0 Å². The fourth-order valence-electron chi connectivity index (χ4n) is 2.25. The molecule has 0 bridgehead atoms. The van der Waals surface area contributed by atoms with Crippen molar-refractivity contribution < 1.29 is 0 Å². The third-order valence-electron chi connectivity index (χ3n) is 4.12. The number of hydrogen-bond acceptors (Lipinski definition) is 2. The number of fused-ring (bicyclic) bond motifs is 1. The Hall–Kier alpha value is -0.860.